The molecule has 398 valence electrons. The molecule has 7 N–H and O–H groups in total. The molecule has 0 saturated carbocycles. The molecule has 0 aromatic rings. The summed E-state index contributed by atoms with van der Waals surface area (Å²) in [6.07, 6.45) is 34.5. The number of esters is 2. The number of hydrogen-bond acceptors (Lipinski definition) is 15. The monoisotopic (exact) mass is 989 g/mol. The fraction of sp³-hybridized carbons (Fsp3) is 0.673. The van der Waals surface area contributed by atoms with Crippen LogP contribution in [0.15, 0.2) is 97.2 Å². The standard InChI is InChI=1S/C55H88O15/c1-3-5-7-9-11-13-15-17-19-20-21-22-24-26-28-30-32-34-36-38-47(58)68-43(40-65-46(57)37-35-33-31-29-27-25-23-18-16-14-12-10-8-6-4-2)41-66-54-53(64)51(62)49(60)45(70-54)42-67-55-52(63)50(61)48(59)44(39-56)69-55/h11-14,17-19,21-23,26-29,32,34,43-45,48-56,59-64H,3-10,15-16,20,24-25,30-31,33,35-42H2,1-2H3/b13-11+,14-12+,19-17+,22-21+,23-18+,28-26+,29-27+,34-32+/t43-,44+,45+,48-,49-,50?,51?,52?,53?,54+,55+/m1/s1. The van der Waals surface area contributed by atoms with E-state index in [1.165, 1.54) is 38.5 Å². The molecule has 0 amide bonds. The zero-order valence-electron chi connectivity index (χ0n) is 42.0. The summed E-state index contributed by atoms with van der Waals surface area (Å²) in [5, 5.41) is 72.1. The molecule has 2 saturated heterocycles. The van der Waals surface area contributed by atoms with Gasteiger partial charge in [0.2, 0.25) is 0 Å². The van der Waals surface area contributed by atoms with E-state index >= 15 is 0 Å². The highest BCUT2D eigenvalue weighted by Crippen LogP contribution is 2.26. The summed E-state index contributed by atoms with van der Waals surface area (Å²) in [5.74, 6) is -1.08. The fourth-order valence-electron chi connectivity index (χ4n) is 7.26. The normalized spacial score (nSPS) is 26.2. The molecule has 4 unspecified atom stereocenters. The summed E-state index contributed by atoms with van der Waals surface area (Å²) >= 11 is 0. The SMILES string of the molecule is CCCCC/C=C/C/C=C/C/C=C/C/C=C/C/C=C/CCC(=O)O[C@H](COC(=O)CCCC/C=C/C/C=C/C/C=C/CCCCC)CO[C@H]1O[C@@H](CO[C@H]2O[C@@H](CO)[C@@H](O)C(O)C2O)[C@@H](O)C(O)C1O. The third-order valence-electron chi connectivity index (χ3n) is 11.5. The lowest BCUT2D eigenvalue weighted by atomic mass is 9.98. The first-order valence-corrected chi connectivity index (χ1v) is 25.8. The molecule has 15 heteroatoms. The second kappa shape index (κ2) is 41.0. The third kappa shape index (κ3) is 28.5. The number of carbonyl (C=O) groups is 2. The largest absolute Gasteiger partial charge is 0.462 e. The van der Waals surface area contributed by atoms with Crippen molar-refractivity contribution >= 4 is 11.9 Å². The smallest absolute Gasteiger partial charge is 0.306 e. The van der Waals surface area contributed by atoms with Crippen molar-refractivity contribution in [3.05, 3.63) is 97.2 Å². The van der Waals surface area contributed by atoms with E-state index < -0.39 is 99.3 Å². The van der Waals surface area contributed by atoms with Crippen LogP contribution in [0.2, 0.25) is 0 Å². The predicted molar refractivity (Wildman–Crippen MR) is 270 cm³/mol. The Labute approximate surface area is 417 Å². The second-order valence-electron chi connectivity index (χ2n) is 17.6. The highest BCUT2D eigenvalue weighted by atomic mass is 16.7. The van der Waals surface area contributed by atoms with Gasteiger partial charge in [-0.3, -0.25) is 9.59 Å². The molecule has 11 atom stereocenters. The lowest BCUT2D eigenvalue weighted by Gasteiger charge is -2.42. The van der Waals surface area contributed by atoms with Crippen LogP contribution in [0.5, 0.6) is 0 Å². The number of hydrogen-bond donors (Lipinski definition) is 7. The van der Waals surface area contributed by atoms with Gasteiger partial charge in [0.15, 0.2) is 18.7 Å². The van der Waals surface area contributed by atoms with Crippen LogP contribution in [-0.4, -0.2) is 142 Å². The van der Waals surface area contributed by atoms with Gasteiger partial charge in [-0.2, -0.15) is 0 Å². The zero-order valence-corrected chi connectivity index (χ0v) is 42.0. The van der Waals surface area contributed by atoms with E-state index in [2.05, 4.69) is 98.9 Å². The van der Waals surface area contributed by atoms with Crippen LogP contribution in [0.1, 0.15) is 142 Å². The maximum absolute atomic E-state index is 13.0. The van der Waals surface area contributed by atoms with Gasteiger partial charge >= 0.3 is 11.9 Å². The van der Waals surface area contributed by atoms with E-state index in [0.717, 1.165) is 57.8 Å². The van der Waals surface area contributed by atoms with E-state index in [4.69, 9.17) is 28.4 Å². The Bertz CT molecular complexity index is 1580. The number of allylic oxidation sites excluding steroid dienone is 16. The van der Waals surface area contributed by atoms with Gasteiger partial charge < -0.3 is 64.2 Å². The van der Waals surface area contributed by atoms with E-state index in [1.807, 2.05) is 12.2 Å². The van der Waals surface area contributed by atoms with Crippen molar-refractivity contribution in [1.82, 2.24) is 0 Å². The van der Waals surface area contributed by atoms with Gasteiger partial charge in [-0.05, 0) is 89.9 Å². The Morgan fingerprint density at radius 3 is 1.34 bits per heavy atom. The van der Waals surface area contributed by atoms with E-state index in [1.54, 1.807) is 0 Å². The average Bonchev–Trinajstić information content (AvgIpc) is 3.35. The highest BCUT2D eigenvalue weighted by molar-refractivity contribution is 5.70. The molecule has 0 aromatic carbocycles. The molecule has 15 nitrogen and oxygen atoms in total. The summed E-state index contributed by atoms with van der Waals surface area (Å²) in [4.78, 5) is 25.7. The van der Waals surface area contributed by atoms with Crippen molar-refractivity contribution in [2.75, 3.05) is 26.4 Å². The first-order valence-electron chi connectivity index (χ1n) is 25.8. The molecule has 2 rings (SSSR count). The topological polar surface area (TPSA) is 231 Å². The maximum atomic E-state index is 13.0. The minimum Gasteiger partial charge on any atom is -0.462 e. The Hall–Kier alpha value is -3.58. The molecule has 2 heterocycles. The number of aliphatic hydroxyl groups is 7. The number of aliphatic hydroxyl groups excluding tert-OH is 7. The van der Waals surface area contributed by atoms with Gasteiger partial charge in [0, 0.05) is 12.8 Å². The van der Waals surface area contributed by atoms with Crippen LogP contribution >= 0.6 is 0 Å². The second-order valence-corrected chi connectivity index (χ2v) is 17.6. The fourth-order valence-corrected chi connectivity index (χ4v) is 7.26. The zero-order chi connectivity index (χ0) is 51.0. The quantitative estimate of drug-likeness (QED) is 0.0182. The predicted octanol–water partition coefficient (Wildman–Crippen LogP) is 7.37. The summed E-state index contributed by atoms with van der Waals surface area (Å²) in [6.45, 7) is 2.39. The third-order valence-corrected chi connectivity index (χ3v) is 11.5. The van der Waals surface area contributed by atoms with Gasteiger partial charge in [-0.1, -0.05) is 137 Å². The van der Waals surface area contributed by atoms with Crippen LogP contribution < -0.4 is 0 Å². The Morgan fingerprint density at radius 2 is 0.871 bits per heavy atom. The molecule has 0 aliphatic carbocycles. The van der Waals surface area contributed by atoms with Crippen LogP contribution in [0.4, 0.5) is 0 Å². The summed E-state index contributed by atoms with van der Waals surface area (Å²) in [7, 11) is 0. The van der Waals surface area contributed by atoms with Gasteiger partial charge in [-0.15, -0.1) is 0 Å². The summed E-state index contributed by atoms with van der Waals surface area (Å²) in [5.41, 5.74) is 0. The van der Waals surface area contributed by atoms with Crippen molar-refractivity contribution in [3.8, 4) is 0 Å². The number of unbranched alkanes of at least 4 members (excludes halogenated alkanes) is 8. The van der Waals surface area contributed by atoms with Crippen molar-refractivity contribution in [1.29, 1.82) is 0 Å². The highest BCUT2D eigenvalue weighted by Gasteiger charge is 2.47. The molecule has 2 fully saturated rings. The van der Waals surface area contributed by atoms with E-state index in [-0.39, 0.29) is 19.4 Å². The molecule has 2 aliphatic rings. The van der Waals surface area contributed by atoms with Crippen molar-refractivity contribution in [2.24, 2.45) is 0 Å². The molecular formula is C55H88O15. The van der Waals surface area contributed by atoms with Crippen LogP contribution in [-0.2, 0) is 38.0 Å². The molecule has 0 aromatic heterocycles. The number of rotatable bonds is 38. The molecule has 2 aliphatic heterocycles. The lowest BCUT2D eigenvalue weighted by Crippen LogP contribution is -2.61. The van der Waals surface area contributed by atoms with Gasteiger partial charge in [0.25, 0.3) is 0 Å². The Balaban J connectivity index is 1.87. The van der Waals surface area contributed by atoms with Crippen molar-refractivity contribution in [2.45, 2.75) is 210 Å². The first kappa shape index (κ1) is 62.5. The molecule has 0 spiro atoms. The van der Waals surface area contributed by atoms with Crippen LogP contribution in [0, 0.1) is 0 Å². The number of ether oxygens (including phenoxy) is 6. The van der Waals surface area contributed by atoms with E-state index in [0.29, 0.717) is 19.3 Å². The van der Waals surface area contributed by atoms with Gasteiger partial charge in [0.1, 0.15) is 55.4 Å². The minimum absolute atomic E-state index is 0.0277. The van der Waals surface area contributed by atoms with Crippen LogP contribution in [0.3, 0.4) is 0 Å². The maximum Gasteiger partial charge on any atom is 0.306 e. The summed E-state index contributed by atoms with van der Waals surface area (Å²) < 4.78 is 33.4. The Kier molecular flexibility index (Phi) is 36.6. The molecular weight excluding hydrogens is 901 g/mol. The molecule has 70 heavy (non-hydrogen) atoms. The van der Waals surface area contributed by atoms with E-state index in [9.17, 15) is 45.3 Å². The average molecular weight is 989 g/mol. The minimum atomic E-state index is -1.79. The molecule has 0 radical (unpaired) electrons. The molecule has 0 bridgehead atoms. The van der Waals surface area contributed by atoms with Crippen molar-refractivity contribution < 1.29 is 73.8 Å². The van der Waals surface area contributed by atoms with Crippen molar-refractivity contribution in [3.63, 3.8) is 0 Å². The van der Waals surface area contributed by atoms with Crippen LogP contribution in [0.25, 0.3) is 0 Å². The number of carbonyl (C=O) groups excluding carboxylic acids is 2. The lowest BCUT2D eigenvalue weighted by molar-refractivity contribution is -0.332. The Morgan fingerprint density at radius 1 is 0.457 bits per heavy atom. The van der Waals surface area contributed by atoms with Gasteiger partial charge in [0.05, 0.1) is 19.8 Å². The summed E-state index contributed by atoms with van der Waals surface area (Å²) in [6, 6.07) is 0. The van der Waals surface area contributed by atoms with Gasteiger partial charge in [-0.25, -0.2) is 0 Å². The first-order chi connectivity index (χ1) is 34.0.